The Hall–Kier alpha value is -3.50. The van der Waals surface area contributed by atoms with Crippen LogP contribution in [0.25, 0.3) is 10.9 Å². The van der Waals surface area contributed by atoms with Crippen molar-refractivity contribution in [2.24, 2.45) is 0 Å². The van der Waals surface area contributed by atoms with E-state index in [4.69, 9.17) is 4.74 Å². The van der Waals surface area contributed by atoms with Crippen LogP contribution in [0.3, 0.4) is 0 Å². The lowest BCUT2D eigenvalue weighted by Crippen LogP contribution is -2.25. The Morgan fingerprint density at radius 2 is 1.63 bits per heavy atom. The first kappa shape index (κ1) is 26.1. The molecule has 0 aliphatic heterocycles. The minimum absolute atomic E-state index is 0.0406. The summed E-state index contributed by atoms with van der Waals surface area (Å²) < 4.78 is 100. The molecule has 0 fully saturated rings. The van der Waals surface area contributed by atoms with Crippen molar-refractivity contribution < 1.29 is 40.3 Å². The van der Waals surface area contributed by atoms with Crippen LogP contribution in [0, 0.1) is 5.82 Å². The van der Waals surface area contributed by atoms with E-state index in [2.05, 4.69) is 5.32 Å². The first-order valence-electron chi connectivity index (χ1n) is 10.3. The number of carbonyl (C=O) groups excluding carboxylic acids is 1. The number of aromatic nitrogens is 1. The molecule has 3 rings (SSSR count). The zero-order valence-electron chi connectivity index (χ0n) is 18.8. The number of nitrogens with one attached hydrogen (secondary N) is 1. The third kappa shape index (κ3) is 5.95. The Labute approximate surface area is 196 Å². The number of nitrogens with zero attached hydrogens (tertiary/aromatic N) is 1. The molecule has 1 amide bonds. The number of carbonyl (C=O) groups is 1. The van der Waals surface area contributed by atoms with E-state index in [-0.39, 0.29) is 23.4 Å². The smallest absolute Gasteiger partial charge is 0.416 e. The summed E-state index contributed by atoms with van der Waals surface area (Å²) in [5.74, 6) is -0.649. The molecule has 0 saturated heterocycles. The first-order valence-corrected chi connectivity index (χ1v) is 10.3. The summed E-state index contributed by atoms with van der Waals surface area (Å²) in [5.41, 5.74) is -4.23. The van der Waals surface area contributed by atoms with E-state index in [0.717, 1.165) is 4.57 Å². The quantitative estimate of drug-likeness (QED) is 0.286. The summed E-state index contributed by atoms with van der Waals surface area (Å²) in [7, 11) is 0. The van der Waals surface area contributed by atoms with Crippen LogP contribution in [0.1, 0.15) is 37.5 Å². The van der Waals surface area contributed by atoms with Crippen LogP contribution < -0.4 is 5.32 Å². The predicted octanol–water partition coefficient (Wildman–Crippen LogP) is 7.77. The maximum atomic E-state index is 14.7. The summed E-state index contributed by atoms with van der Waals surface area (Å²) in [6.45, 7) is 5.21. The van der Waals surface area contributed by atoms with Gasteiger partial charge in [0.2, 0.25) is 0 Å². The van der Waals surface area contributed by atoms with E-state index in [1.807, 2.05) is 0 Å². The number of alkyl halides is 6. The largest absolute Gasteiger partial charge is 0.495 e. The molecule has 11 heteroatoms. The lowest BCUT2D eigenvalue weighted by molar-refractivity contribution is -0.143. The van der Waals surface area contributed by atoms with Gasteiger partial charge < -0.3 is 10.1 Å². The van der Waals surface area contributed by atoms with Crippen molar-refractivity contribution in [3.05, 3.63) is 77.4 Å². The molecule has 1 aromatic heterocycles. The zero-order valence-corrected chi connectivity index (χ0v) is 18.8. The lowest BCUT2D eigenvalue weighted by Gasteiger charge is -2.24. The van der Waals surface area contributed by atoms with Gasteiger partial charge in [-0.25, -0.2) is 9.18 Å². The predicted molar refractivity (Wildman–Crippen MR) is 116 cm³/mol. The van der Waals surface area contributed by atoms with E-state index in [1.165, 1.54) is 30.7 Å². The zero-order chi connectivity index (χ0) is 26.2. The standard InChI is InChI=1S/C24H21F7N2O2/c1-4-8-35-22(2,3)12-14-13-33(19-7-5-6-18(25)20(14)19)21(34)32-17-10-15(23(26,27)28)9-16(11-17)24(29,30)31/h4-11,13H,12H2,1-3H3,(H,32,34). The molecule has 0 aliphatic rings. The normalized spacial score (nSPS) is 13.0. The van der Waals surface area contributed by atoms with Gasteiger partial charge in [-0.1, -0.05) is 12.1 Å². The van der Waals surface area contributed by atoms with Crippen LogP contribution in [0.5, 0.6) is 0 Å². The highest BCUT2D eigenvalue weighted by atomic mass is 19.4. The second-order valence-corrected chi connectivity index (χ2v) is 8.41. The SMILES string of the molecule is CC=COC(C)(C)Cc1cn(C(=O)Nc2cc(C(F)(F)F)cc(C(F)(F)F)c2)c2cccc(F)c12. The van der Waals surface area contributed by atoms with Crippen LogP contribution in [0.4, 0.5) is 41.2 Å². The highest BCUT2D eigenvalue weighted by Gasteiger charge is 2.37. The molecule has 0 saturated carbocycles. The van der Waals surface area contributed by atoms with Crippen LogP contribution >= 0.6 is 0 Å². The fourth-order valence-corrected chi connectivity index (χ4v) is 3.59. The summed E-state index contributed by atoms with van der Waals surface area (Å²) in [6, 6.07) is 3.61. The Kier molecular flexibility index (Phi) is 6.92. The van der Waals surface area contributed by atoms with Crippen molar-refractivity contribution in [1.29, 1.82) is 0 Å². The third-order valence-corrected chi connectivity index (χ3v) is 5.05. The fraction of sp³-hybridized carbons (Fsp3) is 0.292. The van der Waals surface area contributed by atoms with Crippen LogP contribution in [-0.2, 0) is 23.5 Å². The second-order valence-electron chi connectivity index (χ2n) is 8.41. The Morgan fingerprint density at radius 3 is 2.17 bits per heavy atom. The van der Waals surface area contributed by atoms with Crippen LogP contribution in [-0.4, -0.2) is 16.2 Å². The molecular weight excluding hydrogens is 481 g/mol. The minimum Gasteiger partial charge on any atom is -0.495 e. The molecule has 0 radical (unpaired) electrons. The monoisotopic (exact) mass is 502 g/mol. The Bertz CT molecular complexity index is 1240. The number of hydrogen-bond acceptors (Lipinski definition) is 2. The Morgan fingerprint density at radius 1 is 1.03 bits per heavy atom. The van der Waals surface area contributed by atoms with Gasteiger partial charge in [0.15, 0.2) is 0 Å². The number of halogens is 7. The average Bonchev–Trinajstić information content (AvgIpc) is 3.10. The molecule has 2 aromatic carbocycles. The fourth-order valence-electron chi connectivity index (χ4n) is 3.59. The molecule has 3 aromatic rings. The summed E-state index contributed by atoms with van der Waals surface area (Å²) in [6.07, 6.45) is -5.61. The van der Waals surface area contributed by atoms with Crippen molar-refractivity contribution in [2.45, 2.75) is 45.1 Å². The second kappa shape index (κ2) is 9.27. The molecule has 4 nitrogen and oxygen atoms in total. The molecule has 0 aliphatic carbocycles. The highest BCUT2D eigenvalue weighted by molar-refractivity contribution is 6.00. The number of fused-ring (bicyclic) bond motifs is 1. The number of ether oxygens (including phenoxy) is 1. The van der Waals surface area contributed by atoms with Gasteiger partial charge in [0.1, 0.15) is 11.4 Å². The summed E-state index contributed by atoms with van der Waals surface area (Å²) in [5, 5.41) is 2.15. The van der Waals surface area contributed by atoms with Gasteiger partial charge in [-0.15, -0.1) is 0 Å². The molecule has 188 valence electrons. The molecule has 1 heterocycles. The molecule has 0 unspecified atom stereocenters. The van der Waals surface area contributed by atoms with E-state index in [1.54, 1.807) is 26.8 Å². The van der Waals surface area contributed by atoms with Gasteiger partial charge in [0, 0.05) is 23.7 Å². The van der Waals surface area contributed by atoms with Gasteiger partial charge >= 0.3 is 18.4 Å². The van der Waals surface area contributed by atoms with Gasteiger partial charge in [-0.3, -0.25) is 4.57 Å². The number of anilines is 1. The number of rotatable bonds is 5. The highest BCUT2D eigenvalue weighted by Crippen LogP contribution is 2.38. The molecule has 35 heavy (non-hydrogen) atoms. The van der Waals surface area contributed by atoms with Crippen LogP contribution in [0.15, 0.2) is 54.9 Å². The first-order chi connectivity index (χ1) is 16.1. The van der Waals surface area contributed by atoms with Crippen molar-refractivity contribution in [3.63, 3.8) is 0 Å². The third-order valence-electron chi connectivity index (χ3n) is 5.05. The number of benzene rings is 2. The van der Waals surface area contributed by atoms with Crippen molar-refractivity contribution in [3.8, 4) is 0 Å². The van der Waals surface area contributed by atoms with Gasteiger partial charge in [0.25, 0.3) is 0 Å². The lowest BCUT2D eigenvalue weighted by atomic mass is 9.98. The van der Waals surface area contributed by atoms with E-state index in [0.29, 0.717) is 17.7 Å². The van der Waals surface area contributed by atoms with E-state index < -0.39 is 46.6 Å². The molecule has 1 N–H and O–H groups in total. The van der Waals surface area contributed by atoms with Gasteiger partial charge in [-0.2, -0.15) is 26.3 Å². The van der Waals surface area contributed by atoms with Gasteiger partial charge in [-0.05, 0) is 56.7 Å². The van der Waals surface area contributed by atoms with E-state index >= 15 is 0 Å². The minimum atomic E-state index is -5.07. The maximum absolute atomic E-state index is 14.7. The maximum Gasteiger partial charge on any atom is 0.416 e. The Balaban J connectivity index is 2.05. The van der Waals surface area contributed by atoms with Crippen LogP contribution in [0.2, 0.25) is 0 Å². The molecule has 0 spiro atoms. The average molecular weight is 502 g/mol. The number of amides is 1. The van der Waals surface area contributed by atoms with Crippen molar-refractivity contribution >= 4 is 22.6 Å². The summed E-state index contributed by atoms with van der Waals surface area (Å²) in [4.78, 5) is 12.9. The molecule has 0 atom stereocenters. The van der Waals surface area contributed by atoms with Crippen molar-refractivity contribution in [2.75, 3.05) is 5.32 Å². The topological polar surface area (TPSA) is 43.3 Å². The van der Waals surface area contributed by atoms with Crippen molar-refractivity contribution in [1.82, 2.24) is 4.57 Å². The molecular formula is C24H21F7N2O2. The summed E-state index contributed by atoms with van der Waals surface area (Å²) >= 11 is 0. The molecule has 0 bridgehead atoms. The van der Waals surface area contributed by atoms with Gasteiger partial charge in [0.05, 0.1) is 22.9 Å². The van der Waals surface area contributed by atoms with E-state index in [9.17, 15) is 35.5 Å². The number of allylic oxidation sites excluding steroid dienone is 1. The number of hydrogen-bond donors (Lipinski definition) is 1.